The van der Waals surface area contributed by atoms with E-state index in [9.17, 15) is 4.79 Å². The van der Waals surface area contributed by atoms with Crippen molar-refractivity contribution >= 4 is 15.2 Å². The molecule has 2 aliphatic rings. The van der Waals surface area contributed by atoms with Gasteiger partial charge in [0.15, 0.2) is 5.78 Å². The minimum absolute atomic E-state index is 0.00782. The Kier molecular flexibility index (Phi) is 2.19. The third-order valence-corrected chi connectivity index (χ3v) is 3.75. The van der Waals surface area contributed by atoms with Gasteiger partial charge in [-0.15, -0.1) is 0 Å². The molecule has 5 atom stereocenters. The third kappa shape index (κ3) is 1.12. The van der Waals surface area contributed by atoms with Gasteiger partial charge in [-0.3, -0.25) is 9.88 Å². The average molecular weight is 186 g/mol. The summed E-state index contributed by atoms with van der Waals surface area (Å²) in [5.41, 5.74) is 5.83. The number of ketones is 1. The monoisotopic (exact) mass is 186 g/mol. The van der Waals surface area contributed by atoms with Crippen LogP contribution in [0.1, 0.15) is 19.3 Å². The van der Waals surface area contributed by atoms with Crippen molar-refractivity contribution in [2.24, 2.45) is 17.6 Å². The summed E-state index contributed by atoms with van der Waals surface area (Å²) in [6.45, 7) is 0. The van der Waals surface area contributed by atoms with E-state index < -0.39 is 0 Å². The van der Waals surface area contributed by atoms with Gasteiger partial charge in [0.05, 0.1) is 12.1 Å². The summed E-state index contributed by atoms with van der Waals surface area (Å²) in [5, 5.41) is 2.96. The summed E-state index contributed by atoms with van der Waals surface area (Å²) < 4.78 is 0. The van der Waals surface area contributed by atoms with E-state index in [0.29, 0.717) is 11.8 Å². The Balaban J connectivity index is 2.09. The van der Waals surface area contributed by atoms with Gasteiger partial charge < -0.3 is 5.73 Å². The van der Waals surface area contributed by atoms with E-state index in [4.69, 9.17) is 5.73 Å². The topological polar surface area (TPSA) is 55.1 Å². The number of rotatable bonds is 1. The quantitative estimate of drug-likeness (QED) is 0.569. The van der Waals surface area contributed by atoms with Crippen LogP contribution in [0.2, 0.25) is 0 Å². The van der Waals surface area contributed by atoms with Gasteiger partial charge in [-0.25, -0.2) is 0 Å². The predicted molar refractivity (Wildman–Crippen MR) is 50.4 cm³/mol. The van der Waals surface area contributed by atoms with Gasteiger partial charge in [0.2, 0.25) is 0 Å². The average Bonchev–Trinajstić information content (AvgIpc) is 2.01. The molecule has 4 heteroatoms. The molecular weight excluding hydrogens is 171 g/mol. The lowest BCUT2D eigenvalue weighted by Gasteiger charge is -2.46. The summed E-state index contributed by atoms with van der Waals surface area (Å²) in [7, 11) is 2.41. The van der Waals surface area contributed by atoms with Gasteiger partial charge in [0.25, 0.3) is 0 Å². The molecule has 5 unspecified atom stereocenters. The molecule has 0 aromatic carbocycles. The van der Waals surface area contributed by atoms with Gasteiger partial charge in [-0.1, -0.05) is 9.39 Å². The summed E-state index contributed by atoms with van der Waals surface area (Å²) >= 11 is 0. The summed E-state index contributed by atoms with van der Waals surface area (Å²) in [6.07, 6.45) is 3.40. The van der Waals surface area contributed by atoms with Crippen LogP contribution in [0.15, 0.2) is 0 Å². The fraction of sp³-hybridized carbons (Fsp3) is 0.875. The molecule has 0 amide bonds. The van der Waals surface area contributed by atoms with Crippen LogP contribution in [0.4, 0.5) is 0 Å². The maximum Gasteiger partial charge on any atom is 0.166 e. The van der Waals surface area contributed by atoms with Gasteiger partial charge in [-0.05, 0) is 31.1 Å². The minimum atomic E-state index is -0.199. The number of nitrogens with two attached hydrogens (primary N) is 1. The van der Waals surface area contributed by atoms with Crippen molar-refractivity contribution in [3.05, 3.63) is 0 Å². The van der Waals surface area contributed by atoms with Crippen LogP contribution in [0.3, 0.4) is 0 Å². The Morgan fingerprint density at radius 3 is 2.75 bits per heavy atom. The summed E-state index contributed by atoms with van der Waals surface area (Å²) in [4.78, 5) is 11.5. The molecule has 2 fully saturated rings. The molecule has 0 spiro atoms. The van der Waals surface area contributed by atoms with Crippen LogP contribution in [-0.4, -0.2) is 17.9 Å². The number of Topliss-reactive ketones (excluding diaryl/α,β-unsaturated/α-hetero) is 1. The third-order valence-electron chi connectivity index (χ3n) is 3.35. The van der Waals surface area contributed by atoms with Crippen molar-refractivity contribution in [2.75, 3.05) is 0 Å². The predicted octanol–water partition coefficient (Wildman–Crippen LogP) is 0.0610. The number of hydrogen-bond acceptors (Lipinski definition) is 3. The van der Waals surface area contributed by atoms with Crippen molar-refractivity contribution in [3.63, 3.8) is 0 Å². The Morgan fingerprint density at radius 1 is 1.50 bits per heavy atom. The number of carbonyl (C=O) groups excluding carboxylic acids is 1. The van der Waals surface area contributed by atoms with E-state index in [1.165, 1.54) is 6.42 Å². The van der Waals surface area contributed by atoms with Crippen LogP contribution >= 0.6 is 9.39 Å². The van der Waals surface area contributed by atoms with Gasteiger partial charge in [0.1, 0.15) is 0 Å². The van der Waals surface area contributed by atoms with E-state index in [1.807, 2.05) is 0 Å². The van der Waals surface area contributed by atoms with Crippen LogP contribution in [0.5, 0.6) is 0 Å². The Hall–Kier alpha value is 0.0200. The van der Waals surface area contributed by atoms with Crippen molar-refractivity contribution < 1.29 is 4.79 Å². The van der Waals surface area contributed by atoms with Crippen molar-refractivity contribution in [2.45, 2.75) is 31.3 Å². The highest BCUT2D eigenvalue weighted by atomic mass is 31.0. The second kappa shape index (κ2) is 3.06. The lowest BCUT2D eigenvalue weighted by Crippen LogP contribution is -2.58. The second-order valence-corrected chi connectivity index (χ2v) is 4.22. The molecule has 2 saturated carbocycles. The van der Waals surface area contributed by atoms with Gasteiger partial charge in [0, 0.05) is 0 Å². The zero-order valence-corrected chi connectivity index (χ0v) is 8.15. The minimum Gasteiger partial charge on any atom is -0.321 e. The second-order valence-electron chi connectivity index (χ2n) is 3.88. The van der Waals surface area contributed by atoms with E-state index in [2.05, 4.69) is 14.5 Å². The van der Waals surface area contributed by atoms with Crippen LogP contribution in [-0.2, 0) is 4.79 Å². The molecular formula is C8H15N2OP. The normalized spacial score (nSPS) is 46.7. The molecule has 2 aliphatic carbocycles. The first-order valence-corrected chi connectivity index (χ1v) is 5.07. The standard InChI is InChI=1S/C8H15N2OP/c9-7-5-2-1-4(5)3-6(10-12)8(7)11/h4-7,10H,1-3,9,12H2. The SMILES string of the molecule is NC1C(=O)C(NP)CC2CCC21. The summed E-state index contributed by atoms with van der Waals surface area (Å²) in [6, 6.07) is -0.206. The van der Waals surface area contributed by atoms with Crippen LogP contribution < -0.4 is 10.8 Å². The molecule has 0 aromatic rings. The molecule has 0 bridgehead atoms. The van der Waals surface area contributed by atoms with Gasteiger partial charge in [-0.2, -0.15) is 0 Å². The number of hydrogen-bond donors (Lipinski definition) is 2. The fourth-order valence-corrected chi connectivity index (χ4v) is 2.67. The molecule has 2 rings (SSSR count). The maximum absolute atomic E-state index is 11.5. The smallest absolute Gasteiger partial charge is 0.166 e. The number of fused-ring (bicyclic) bond motifs is 1. The zero-order chi connectivity index (χ0) is 8.72. The van der Waals surface area contributed by atoms with Gasteiger partial charge >= 0.3 is 0 Å². The molecule has 0 aromatic heterocycles. The van der Waals surface area contributed by atoms with Crippen LogP contribution in [0, 0.1) is 11.8 Å². The first-order valence-electron chi connectivity index (χ1n) is 4.49. The first-order chi connectivity index (χ1) is 5.74. The van der Waals surface area contributed by atoms with Crippen molar-refractivity contribution in [3.8, 4) is 0 Å². The van der Waals surface area contributed by atoms with E-state index in [-0.39, 0.29) is 17.9 Å². The lowest BCUT2D eigenvalue weighted by atomic mass is 9.62. The molecule has 3 nitrogen and oxygen atoms in total. The molecule has 68 valence electrons. The first kappa shape index (κ1) is 8.61. The molecule has 12 heavy (non-hydrogen) atoms. The number of carbonyl (C=O) groups is 1. The highest BCUT2D eigenvalue weighted by Gasteiger charge is 2.45. The molecule has 0 aliphatic heterocycles. The highest BCUT2D eigenvalue weighted by molar-refractivity contribution is 7.13. The molecule has 3 N–H and O–H groups in total. The van der Waals surface area contributed by atoms with E-state index in [0.717, 1.165) is 12.8 Å². The lowest BCUT2D eigenvalue weighted by molar-refractivity contribution is -0.129. The number of nitrogens with one attached hydrogen (secondary N) is 1. The highest BCUT2D eigenvalue weighted by Crippen LogP contribution is 2.43. The van der Waals surface area contributed by atoms with Crippen molar-refractivity contribution in [1.82, 2.24) is 5.09 Å². The van der Waals surface area contributed by atoms with Crippen LogP contribution in [0.25, 0.3) is 0 Å². The van der Waals surface area contributed by atoms with E-state index >= 15 is 0 Å². The Labute approximate surface area is 74.7 Å². The van der Waals surface area contributed by atoms with E-state index in [1.54, 1.807) is 0 Å². The largest absolute Gasteiger partial charge is 0.321 e. The van der Waals surface area contributed by atoms with Crippen molar-refractivity contribution in [1.29, 1.82) is 0 Å². The molecule has 0 radical (unpaired) electrons. The summed E-state index contributed by atoms with van der Waals surface area (Å²) in [5.74, 6) is 1.40. The zero-order valence-electron chi connectivity index (χ0n) is 6.99. The molecule has 0 saturated heterocycles. The molecule has 0 heterocycles. The Bertz CT molecular complexity index is 205. The fourth-order valence-electron chi connectivity index (χ4n) is 2.37. The maximum atomic E-state index is 11.5. The Morgan fingerprint density at radius 2 is 2.25 bits per heavy atom.